The minimum atomic E-state index is -4.46. The van der Waals surface area contributed by atoms with Crippen LogP contribution < -0.4 is 23.7 Å². The number of rotatable bonds is 8. The van der Waals surface area contributed by atoms with Crippen molar-refractivity contribution in [3.63, 3.8) is 0 Å². The number of nitrogens with one attached hydrogen (secondary N) is 2. The third kappa shape index (κ3) is 6.71. The molecule has 0 aliphatic carbocycles. The van der Waals surface area contributed by atoms with E-state index in [0.29, 0.717) is 16.7 Å². The molecule has 1 aromatic carbocycles. The summed E-state index contributed by atoms with van der Waals surface area (Å²) in [6.07, 6.45) is 0. The Balaban J connectivity index is 2.06. The zero-order valence-corrected chi connectivity index (χ0v) is 17.4. The maximum absolute atomic E-state index is 12.1. The molecule has 10 nitrogen and oxygen atoms in total. The summed E-state index contributed by atoms with van der Waals surface area (Å²) in [6.45, 7) is 2.04. The van der Waals surface area contributed by atoms with Crippen LogP contribution in [0.15, 0.2) is 30.3 Å². The van der Waals surface area contributed by atoms with Gasteiger partial charge in [0.1, 0.15) is 0 Å². The first-order chi connectivity index (χ1) is 12.8. The molecule has 0 unspecified atom stereocenters. The monoisotopic (exact) mass is 508 g/mol. The van der Waals surface area contributed by atoms with E-state index in [4.69, 9.17) is 13.7 Å². The molecule has 27 heavy (non-hydrogen) atoms. The van der Waals surface area contributed by atoms with Crippen LogP contribution in [0.3, 0.4) is 0 Å². The number of amides is 2. The quantitative estimate of drug-likeness (QED) is 0.410. The van der Waals surface area contributed by atoms with Crippen LogP contribution in [-0.2, 0) is 10.3 Å². The molecule has 0 aliphatic rings. The predicted molar refractivity (Wildman–Crippen MR) is 106 cm³/mol. The first kappa shape index (κ1) is 21.0. The first-order valence-corrected chi connectivity index (χ1v) is 10.5. The number of carbonyl (C=O) groups excluding carboxylic acids is 1. The van der Waals surface area contributed by atoms with Crippen LogP contribution in [0, 0.1) is 6.92 Å². The lowest BCUT2D eigenvalue weighted by Crippen LogP contribution is -2.37. The summed E-state index contributed by atoms with van der Waals surface area (Å²) in [7, 11) is -3.05. The summed E-state index contributed by atoms with van der Waals surface area (Å²) in [5.41, 5.74) is 0.526. The van der Waals surface area contributed by atoms with Crippen LogP contribution >= 0.6 is 22.6 Å². The van der Waals surface area contributed by atoms with E-state index in [1.54, 1.807) is 35.9 Å². The molecule has 0 atom stereocenters. The van der Waals surface area contributed by atoms with Crippen LogP contribution in [0.2, 0.25) is 0 Å². The molecule has 0 saturated carbocycles. The summed E-state index contributed by atoms with van der Waals surface area (Å²) in [5.74, 6) is 0.298. The Morgan fingerprint density at radius 1 is 1.22 bits per heavy atom. The van der Waals surface area contributed by atoms with Gasteiger partial charge in [-0.05, 0) is 19.1 Å². The highest BCUT2D eigenvalue weighted by atomic mass is 127. The third-order valence-corrected chi connectivity index (χ3v) is 4.14. The molecule has 1 aromatic heterocycles. The van der Waals surface area contributed by atoms with Gasteiger partial charge >= 0.3 is 16.3 Å². The van der Waals surface area contributed by atoms with E-state index in [1.165, 1.54) is 13.2 Å². The second-order valence-electron chi connectivity index (χ2n) is 4.95. The number of ether oxygens (including phenoxy) is 2. The van der Waals surface area contributed by atoms with Crippen LogP contribution in [0.1, 0.15) is 5.69 Å². The van der Waals surface area contributed by atoms with Crippen molar-refractivity contribution in [1.29, 1.82) is 0 Å². The second-order valence-corrected chi connectivity index (χ2v) is 7.31. The number of urea groups is 1. The normalized spacial score (nSPS) is 10.8. The predicted octanol–water partition coefficient (Wildman–Crippen LogP) is 2.05. The fourth-order valence-corrected chi connectivity index (χ4v) is 2.78. The second kappa shape index (κ2) is 9.55. The van der Waals surface area contributed by atoms with Crippen LogP contribution in [0.5, 0.6) is 17.4 Å². The zero-order chi connectivity index (χ0) is 19.9. The molecule has 0 fully saturated rings. The molecule has 2 rings (SSSR count). The van der Waals surface area contributed by atoms with Gasteiger partial charge in [-0.15, -0.1) is 0 Å². The number of carbonyl (C=O) groups is 1. The number of para-hydroxylation sites is 2. The van der Waals surface area contributed by atoms with Gasteiger partial charge < -0.3 is 13.7 Å². The Morgan fingerprint density at radius 2 is 1.93 bits per heavy atom. The van der Waals surface area contributed by atoms with Gasteiger partial charge in [0.05, 0.1) is 13.7 Å². The molecular weight excluding hydrogens is 491 g/mol. The lowest BCUT2D eigenvalue weighted by atomic mass is 10.3. The van der Waals surface area contributed by atoms with Crippen molar-refractivity contribution in [3.8, 4) is 17.4 Å². The van der Waals surface area contributed by atoms with E-state index in [9.17, 15) is 13.2 Å². The van der Waals surface area contributed by atoms with Crippen LogP contribution in [-0.4, -0.2) is 42.6 Å². The third-order valence-electron chi connectivity index (χ3n) is 2.87. The van der Waals surface area contributed by atoms with E-state index in [-0.39, 0.29) is 23.3 Å². The SMILES string of the molecule is COc1cc(C)nc(NC(=O)NS(=O)(=O)Oc2ccccc2OCCI)n1. The summed E-state index contributed by atoms with van der Waals surface area (Å²) in [4.78, 5) is 19.8. The number of nitrogens with zero attached hydrogens (tertiary/aromatic N) is 2. The number of aromatic nitrogens is 2. The van der Waals surface area contributed by atoms with Gasteiger partial charge in [0.15, 0.2) is 11.5 Å². The van der Waals surface area contributed by atoms with Crippen molar-refractivity contribution in [1.82, 2.24) is 14.7 Å². The molecular formula is C15H17IN4O6S. The van der Waals surface area contributed by atoms with E-state index >= 15 is 0 Å². The Kier molecular flexibility index (Phi) is 7.41. The van der Waals surface area contributed by atoms with Crippen molar-refractivity contribution in [2.75, 3.05) is 23.5 Å². The Bertz CT molecular complexity index is 909. The molecule has 146 valence electrons. The summed E-state index contributed by atoms with van der Waals surface area (Å²) in [6, 6.07) is 6.68. The number of alkyl halides is 1. The average Bonchev–Trinajstić information content (AvgIpc) is 2.59. The highest BCUT2D eigenvalue weighted by molar-refractivity contribution is 14.1. The lowest BCUT2D eigenvalue weighted by molar-refractivity contribution is 0.255. The molecule has 2 amide bonds. The summed E-state index contributed by atoms with van der Waals surface area (Å²) < 4.78 is 41.9. The van der Waals surface area contributed by atoms with Gasteiger partial charge in [0.2, 0.25) is 11.8 Å². The number of aryl methyl sites for hydroxylation is 1. The molecule has 12 heteroatoms. The standard InChI is InChI=1S/C15H17IN4O6S/c1-10-9-13(24-2)18-14(17-10)19-15(21)20-27(22,23)26-12-6-4-3-5-11(12)25-8-7-16/h3-6,9H,7-8H2,1-2H3,(H2,17,18,19,20,21). The van der Waals surface area contributed by atoms with Crippen molar-refractivity contribution < 1.29 is 26.9 Å². The Labute approximate surface area is 170 Å². The van der Waals surface area contributed by atoms with Crippen molar-refractivity contribution >= 4 is 44.9 Å². The fourth-order valence-electron chi connectivity index (χ4n) is 1.87. The zero-order valence-electron chi connectivity index (χ0n) is 14.4. The fraction of sp³-hybridized carbons (Fsp3) is 0.267. The highest BCUT2D eigenvalue weighted by Crippen LogP contribution is 2.27. The van der Waals surface area contributed by atoms with Crippen LogP contribution in [0.4, 0.5) is 10.7 Å². The largest absolute Gasteiger partial charge is 0.489 e. The maximum Gasteiger partial charge on any atom is 0.411 e. The first-order valence-electron chi connectivity index (χ1n) is 7.53. The molecule has 0 aliphatic heterocycles. The molecule has 1 heterocycles. The minimum absolute atomic E-state index is 0.0453. The van der Waals surface area contributed by atoms with Gasteiger partial charge in [0.25, 0.3) is 0 Å². The number of benzene rings is 1. The summed E-state index contributed by atoms with van der Waals surface area (Å²) >= 11 is 2.12. The molecule has 0 radical (unpaired) electrons. The number of halogens is 1. The molecule has 2 aromatic rings. The minimum Gasteiger partial charge on any atom is -0.489 e. The van der Waals surface area contributed by atoms with E-state index in [1.807, 2.05) is 0 Å². The van der Waals surface area contributed by atoms with Crippen LogP contribution in [0.25, 0.3) is 0 Å². The van der Waals surface area contributed by atoms with Gasteiger partial charge in [-0.2, -0.15) is 13.4 Å². The van der Waals surface area contributed by atoms with Gasteiger partial charge in [-0.1, -0.05) is 34.7 Å². The Morgan fingerprint density at radius 3 is 2.59 bits per heavy atom. The molecule has 2 N–H and O–H groups in total. The smallest absolute Gasteiger partial charge is 0.411 e. The van der Waals surface area contributed by atoms with E-state index in [2.05, 4.69) is 37.9 Å². The Hall–Kier alpha value is -2.35. The number of anilines is 1. The lowest BCUT2D eigenvalue weighted by Gasteiger charge is -2.12. The maximum atomic E-state index is 12.1. The van der Waals surface area contributed by atoms with E-state index < -0.39 is 16.3 Å². The van der Waals surface area contributed by atoms with Crippen molar-refractivity contribution in [3.05, 3.63) is 36.0 Å². The topological polar surface area (TPSA) is 129 Å². The number of hydrogen-bond acceptors (Lipinski definition) is 8. The van der Waals surface area contributed by atoms with E-state index in [0.717, 1.165) is 0 Å². The number of hydrogen-bond donors (Lipinski definition) is 2. The van der Waals surface area contributed by atoms with Gasteiger partial charge in [-0.25, -0.2) is 14.5 Å². The van der Waals surface area contributed by atoms with Gasteiger partial charge in [-0.3, -0.25) is 5.32 Å². The number of methoxy groups -OCH3 is 1. The molecule has 0 bridgehead atoms. The van der Waals surface area contributed by atoms with Gasteiger partial charge in [0, 0.05) is 16.2 Å². The highest BCUT2D eigenvalue weighted by Gasteiger charge is 2.20. The van der Waals surface area contributed by atoms with Crippen molar-refractivity contribution in [2.24, 2.45) is 0 Å². The molecule has 0 saturated heterocycles. The molecule has 0 spiro atoms. The van der Waals surface area contributed by atoms with Crippen molar-refractivity contribution in [2.45, 2.75) is 6.92 Å². The summed E-state index contributed by atoms with van der Waals surface area (Å²) in [5, 5.41) is 2.20. The average molecular weight is 508 g/mol.